The van der Waals surface area contributed by atoms with E-state index in [9.17, 15) is 0 Å². The van der Waals surface area contributed by atoms with Crippen molar-refractivity contribution >= 4 is 15.9 Å². The second-order valence-corrected chi connectivity index (χ2v) is 6.37. The van der Waals surface area contributed by atoms with Crippen LogP contribution in [0.4, 0.5) is 0 Å². The van der Waals surface area contributed by atoms with Gasteiger partial charge < -0.3 is 5.73 Å². The fourth-order valence-corrected chi connectivity index (χ4v) is 3.46. The van der Waals surface area contributed by atoms with Crippen LogP contribution in [0.15, 0.2) is 28.7 Å². The van der Waals surface area contributed by atoms with Crippen LogP contribution in [-0.2, 0) is 0 Å². The highest BCUT2D eigenvalue weighted by Crippen LogP contribution is 2.29. The van der Waals surface area contributed by atoms with E-state index >= 15 is 0 Å². The molecule has 19 heavy (non-hydrogen) atoms. The summed E-state index contributed by atoms with van der Waals surface area (Å²) >= 11 is 3.51. The average molecular weight is 325 g/mol. The van der Waals surface area contributed by atoms with E-state index in [-0.39, 0.29) is 0 Å². The standard InChI is InChI=1S/C16H25BrN2/c1-2-15-6-4-3-5-11-19(15)16(12-18)13-7-9-14(17)10-8-13/h7-10,15-16H,2-6,11-12,18H2,1H3. The number of hydrogen-bond acceptors (Lipinski definition) is 2. The Hall–Kier alpha value is -0.380. The fourth-order valence-electron chi connectivity index (χ4n) is 3.20. The van der Waals surface area contributed by atoms with Crippen molar-refractivity contribution in [1.29, 1.82) is 0 Å². The van der Waals surface area contributed by atoms with Crippen molar-refractivity contribution in [3.05, 3.63) is 34.3 Å². The van der Waals surface area contributed by atoms with Gasteiger partial charge in [-0.3, -0.25) is 4.90 Å². The number of rotatable bonds is 4. The summed E-state index contributed by atoms with van der Waals surface area (Å²) in [7, 11) is 0. The number of likely N-dealkylation sites (tertiary alicyclic amines) is 1. The smallest absolute Gasteiger partial charge is 0.0473 e. The summed E-state index contributed by atoms with van der Waals surface area (Å²) in [5.41, 5.74) is 7.44. The van der Waals surface area contributed by atoms with Crippen LogP contribution >= 0.6 is 15.9 Å². The van der Waals surface area contributed by atoms with E-state index in [2.05, 4.69) is 52.0 Å². The summed E-state index contributed by atoms with van der Waals surface area (Å²) in [4.78, 5) is 2.65. The third-order valence-electron chi connectivity index (χ3n) is 4.27. The van der Waals surface area contributed by atoms with Crippen LogP contribution in [0.1, 0.15) is 50.6 Å². The highest BCUT2D eigenvalue weighted by molar-refractivity contribution is 9.10. The van der Waals surface area contributed by atoms with Crippen molar-refractivity contribution in [3.8, 4) is 0 Å². The molecule has 0 spiro atoms. The van der Waals surface area contributed by atoms with Gasteiger partial charge in [0.1, 0.15) is 0 Å². The Morgan fingerprint density at radius 3 is 2.63 bits per heavy atom. The SMILES string of the molecule is CCC1CCCCCN1C(CN)c1ccc(Br)cc1. The van der Waals surface area contributed by atoms with Gasteiger partial charge in [-0.2, -0.15) is 0 Å². The minimum Gasteiger partial charge on any atom is -0.329 e. The van der Waals surface area contributed by atoms with Crippen molar-refractivity contribution in [2.45, 2.75) is 51.1 Å². The van der Waals surface area contributed by atoms with E-state index in [0.717, 1.165) is 4.47 Å². The quantitative estimate of drug-likeness (QED) is 0.903. The van der Waals surface area contributed by atoms with Gasteiger partial charge in [-0.25, -0.2) is 0 Å². The second-order valence-electron chi connectivity index (χ2n) is 5.45. The maximum absolute atomic E-state index is 6.09. The van der Waals surface area contributed by atoms with Gasteiger partial charge in [0.25, 0.3) is 0 Å². The fraction of sp³-hybridized carbons (Fsp3) is 0.625. The highest BCUT2D eigenvalue weighted by Gasteiger charge is 2.26. The molecule has 2 N–H and O–H groups in total. The molecule has 106 valence electrons. The first-order valence-electron chi connectivity index (χ1n) is 7.47. The second kappa shape index (κ2) is 7.41. The Balaban J connectivity index is 2.20. The molecule has 2 atom stereocenters. The maximum Gasteiger partial charge on any atom is 0.0473 e. The van der Waals surface area contributed by atoms with Crippen molar-refractivity contribution < 1.29 is 0 Å². The minimum atomic E-state index is 0.371. The zero-order valence-corrected chi connectivity index (χ0v) is 13.4. The molecule has 1 aromatic rings. The van der Waals surface area contributed by atoms with Gasteiger partial charge in [0.05, 0.1) is 0 Å². The van der Waals surface area contributed by atoms with Crippen molar-refractivity contribution in [2.24, 2.45) is 5.73 Å². The topological polar surface area (TPSA) is 29.3 Å². The molecule has 1 aromatic carbocycles. The summed E-state index contributed by atoms with van der Waals surface area (Å²) in [5.74, 6) is 0. The Morgan fingerprint density at radius 1 is 1.26 bits per heavy atom. The van der Waals surface area contributed by atoms with Crippen LogP contribution in [-0.4, -0.2) is 24.0 Å². The van der Waals surface area contributed by atoms with E-state index in [4.69, 9.17) is 5.73 Å². The number of nitrogens with zero attached hydrogens (tertiary/aromatic N) is 1. The molecule has 1 aliphatic heterocycles. The first-order valence-corrected chi connectivity index (χ1v) is 8.26. The molecule has 1 heterocycles. The van der Waals surface area contributed by atoms with Crippen molar-refractivity contribution in [1.82, 2.24) is 4.90 Å². The molecule has 3 heteroatoms. The van der Waals surface area contributed by atoms with E-state index in [1.165, 1.54) is 44.2 Å². The molecule has 0 aromatic heterocycles. The summed E-state index contributed by atoms with van der Waals surface area (Å²) in [6, 6.07) is 9.72. The van der Waals surface area contributed by atoms with Crippen LogP contribution < -0.4 is 5.73 Å². The van der Waals surface area contributed by atoms with Gasteiger partial charge in [0.2, 0.25) is 0 Å². The van der Waals surface area contributed by atoms with Gasteiger partial charge in [-0.15, -0.1) is 0 Å². The monoisotopic (exact) mass is 324 g/mol. The Bertz CT molecular complexity index is 377. The summed E-state index contributed by atoms with van der Waals surface area (Å²) in [5, 5.41) is 0. The van der Waals surface area contributed by atoms with Crippen LogP contribution in [0.25, 0.3) is 0 Å². The molecular weight excluding hydrogens is 300 g/mol. The van der Waals surface area contributed by atoms with Gasteiger partial charge in [0, 0.05) is 23.1 Å². The van der Waals surface area contributed by atoms with E-state index in [1.54, 1.807) is 0 Å². The number of benzene rings is 1. The molecule has 2 unspecified atom stereocenters. The first-order chi connectivity index (χ1) is 9.26. The Labute approximate surface area is 125 Å². The van der Waals surface area contributed by atoms with Crippen molar-refractivity contribution in [3.63, 3.8) is 0 Å². The maximum atomic E-state index is 6.09. The van der Waals surface area contributed by atoms with Crippen molar-refractivity contribution in [2.75, 3.05) is 13.1 Å². The lowest BCUT2D eigenvalue weighted by Gasteiger charge is -2.36. The van der Waals surface area contributed by atoms with E-state index < -0.39 is 0 Å². The lowest BCUT2D eigenvalue weighted by atomic mass is 10.0. The molecule has 0 aliphatic carbocycles. The number of nitrogens with two attached hydrogens (primary N) is 1. The van der Waals surface area contributed by atoms with E-state index in [1.807, 2.05) is 0 Å². The van der Waals surface area contributed by atoms with Gasteiger partial charge in [-0.1, -0.05) is 47.8 Å². The van der Waals surface area contributed by atoms with Crippen LogP contribution in [0.2, 0.25) is 0 Å². The van der Waals surface area contributed by atoms with Gasteiger partial charge in [0.15, 0.2) is 0 Å². The highest BCUT2D eigenvalue weighted by atomic mass is 79.9. The number of hydrogen-bond donors (Lipinski definition) is 1. The molecule has 2 rings (SSSR count). The van der Waals surface area contributed by atoms with Gasteiger partial charge >= 0.3 is 0 Å². The molecule has 0 saturated carbocycles. The molecular formula is C16H25BrN2. The zero-order valence-electron chi connectivity index (χ0n) is 11.8. The Morgan fingerprint density at radius 2 is 2.00 bits per heavy atom. The Kier molecular flexibility index (Phi) is 5.86. The largest absolute Gasteiger partial charge is 0.329 e. The lowest BCUT2D eigenvalue weighted by Crippen LogP contribution is -2.41. The van der Waals surface area contributed by atoms with Crippen LogP contribution in [0.3, 0.4) is 0 Å². The predicted octanol–water partition coefficient (Wildman–Crippen LogP) is 4.10. The van der Waals surface area contributed by atoms with Gasteiger partial charge in [-0.05, 0) is 43.5 Å². The average Bonchev–Trinajstić information content (AvgIpc) is 2.67. The molecule has 1 fully saturated rings. The molecule has 1 aliphatic rings. The summed E-state index contributed by atoms with van der Waals surface area (Å²) < 4.78 is 1.13. The molecule has 1 saturated heterocycles. The summed E-state index contributed by atoms with van der Waals surface area (Å²) in [6.45, 7) is 4.20. The third kappa shape index (κ3) is 3.80. The molecule has 0 radical (unpaired) electrons. The minimum absolute atomic E-state index is 0.371. The zero-order chi connectivity index (χ0) is 13.7. The number of halogens is 1. The molecule has 0 bridgehead atoms. The normalized spacial score (nSPS) is 23.0. The molecule has 0 amide bonds. The van der Waals surface area contributed by atoms with Crippen LogP contribution in [0, 0.1) is 0 Å². The lowest BCUT2D eigenvalue weighted by molar-refractivity contribution is 0.136. The first kappa shape index (κ1) is 15.0. The summed E-state index contributed by atoms with van der Waals surface area (Å²) in [6.07, 6.45) is 6.59. The predicted molar refractivity (Wildman–Crippen MR) is 85.2 cm³/mol. The molecule has 2 nitrogen and oxygen atoms in total. The third-order valence-corrected chi connectivity index (χ3v) is 4.80. The van der Waals surface area contributed by atoms with E-state index in [0.29, 0.717) is 18.6 Å². The van der Waals surface area contributed by atoms with Crippen LogP contribution in [0.5, 0.6) is 0 Å².